The van der Waals surface area contributed by atoms with E-state index in [0.29, 0.717) is 27.3 Å². The zero-order valence-electron chi connectivity index (χ0n) is 11.2. The number of benzene rings is 2. The lowest BCUT2D eigenvalue weighted by Gasteiger charge is -2.15. The summed E-state index contributed by atoms with van der Waals surface area (Å²) < 4.78 is 16.3. The average Bonchev–Trinajstić information content (AvgIpc) is 2.46. The molecule has 0 fully saturated rings. The number of ether oxygens (including phenoxy) is 3. The van der Waals surface area contributed by atoms with Crippen LogP contribution >= 0.6 is 23.2 Å². The molecule has 0 aliphatic carbocycles. The van der Waals surface area contributed by atoms with Gasteiger partial charge in [-0.3, -0.25) is 0 Å². The normalized spacial score (nSPS) is 10.2. The quantitative estimate of drug-likeness (QED) is 0.808. The Kier molecular flexibility index (Phi) is 4.99. The van der Waals surface area contributed by atoms with E-state index in [2.05, 4.69) is 0 Å². The Labute approximate surface area is 128 Å². The van der Waals surface area contributed by atoms with E-state index in [9.17, 15) is 0 Å². The second kappa shape index (κ2) is 6.73. The number of hydrogen-bond donors (Lipinski definition) is 0. The van der Waals surface area contributed by atoms with Gasteiger partial charge >= 0.3 is 0 Å². The minimum atomic E-state index is 0.231. The molecule has 0 saturated carbocycles. The summed E-state index contributed by atoms with van der Waals surface area (Å²) in [5.41, 5.74) is 0.726. The molecule has 0 aromatic heterocycles. The highest BCUT2D eigenvalue weighted by Gasteiger charge is 2.13. The summed E-state index contributed by atoms with van der Waals surface area (Å²) in [4.78, 5) is 0. The highest BCUT2D eigenvalue weighted by molar-refractivity contribution is 6.35. The van der Waals surface area contributed by atoms with Crippen LogP contribution in [-0.2, 0) is 6.61 Å². The fourth-order valence-corrected chi connectivity index (χ4v) is 2.28. The minimum absolute atomic E-state index is 0.231. The van der Waals surface area contributed by atoms with Gasteiger partial charge in [-0.25, -0.2) is 0 Å². The molecule has 2 aromatic rings. The third-order valence-electron chi connectivity index (χ3n) is 2.81. The van der Waals surface area contributed by atoms with Crippen LogP contribution in [0.2, 0.25) is 10.0 Å². The van der Waals surface area contributed by atoms with E-state index in [1.807, 2.05) is 6.07 Å². The monoisotopic (exact) mass is 312 g/mol. The maximum absolute atomic E-state index is 6.12. The van der Waals surface area contributed by atoms with Crippen LogP contribution in [-0.4, -0.2) is 14.2 Å². The highest BCUT2D eigenvalue weighted by Crippen LogP contribution is 2.38. The molecule has 20 heavy (non-hydrogen) atoms. The third-order valence-corrected chi connectivity index (χ3v) is 3.51. The molecular weight excluding hydrogens is 299 g/mol. The standard InChI is InChI=1S/C15H14Cl2O3/c1-18-13-7-4-8-14(19-2)15(13)20-9-10-11(16)5-3-6-12(10)17/h3-8H,9H2,1-2H3. The summed E-state index contributed by atoms with van der Waals surface area (Å²) in [7, 11) is 3.15. The van der Waals surface area contributed by atoms with Gasteiger partial charge in [0.05, 0.1) is 14.2 Å². The molecule has 0 amide bonds. The predicted octanol–water partition coefficient (Wildman–Crippen LogP) is 4.59. The van der Waals surface area contributed by atoms with Gasteiger partial charge < -0.3 is 14.2 Å². The Hall–Kier alpha value is -1.58. The van der Waals surface area contributed by atoms with E-state index in [1.54, 1.807) is 44.6 Å². The van der Waals surface area contributed by atoms with Crippen LogP contribution in [0.3, 0.4) is 0 Å². The lowest BCUT2D eigenvalue weighted by atomic mass is 10.2. The van der Waals surface area contributed by atoms with Crippen LogP contribution in [0, 0.1) is 0 Å². The van der Waals surface area contributed by atoms with E-state index in [1.165, 1.54) is 0 Å². The van der Waals surface area contributed by atoms with E-state index in [4.69, 9.17) is 37.4 Å². The first-order valence-corrected chi connectivity index (χ1v) is 6.69. The second-order valence-corrected chi connectivity index (χ2v) is 4.79. The van der Waals surface area contributed by atoms with E-state index in [-0.39, 0.29) is 6.61 Å². The molecule has 0 heterocycles. The first kappa shape index (κ1) is 14.8. The van der Waals surface area contributed by atoms with E-state index in [0.717, 1.165) is 5.56 Å². The van der Waals surface area contributed by atoms with Crippen molar-refractivity contribution in [1.82, 2.24) is 0 Å². The van der Waals surface area contributed by atoms with Crippen molar-refractivity contribution in [3.8, 4) is 17.2 Å². The maximum atomic E-state index is 6.12. The Morgan fingerprint density at radius 2 is 1.35 bits per heavy atom. The Morgan fingerprint density at radius 3 is 1.85 bits per heavy atom. The molecule has 5 heteroatoms. The van der Waals surface area contributed by atoms with Crippen LogP contribution in [0.1, 0.15) is 5.56 Å². The summed E-state index contributed by atoms with van der Waals surface area (Å²) in [6.45, 7) is 0.231. The van der Waals surface area contributed by atoms with Crippen molar-refractivity contribution in [3.05, 3.63) is 52.0 Å². The number of rotatable bonds is 5. The number of halogens is 2. The zero-order valence-corrected chi connectivity index (χ0v) is 12.7. The SMILES string of the molecule is COc1cccc(OC)c1OCc1c(Cl)cccc1Cl. The zero-order chi connectivity index (χ0) is 14.5. The average molecular weight is 313 g/mol. The van der Waals surface area contributed by atoms with Gasteiger partial charge in [-0.1, -0.05) is 35.3 Å². The van der Waals surface area contributed by atoms with Crippen LogP contribution in [0.25, 0.3) is 0 Å². The molecule has 106 valence electrons. The lowest BCUT2D eigenvalue weighted by molar-refractivity contribution is 0.266. The molecule has 0 aliphatic rings. The van der Waals surface area contributed by atoms with Crippen molar-refractivity contribution in [2.24, 2.45) is 0 Å². The Balaban J connectivity index is 2.27. The lowest BCUT2D eigenvalue weighted by Crippen LogP contribution is -2.01. The third kappa shape index (κ3) is 3.11. The molecule has 0 aliphatic heterocycles. The smallest absolute Gasteiger partial charge is 0.203 e. The van der Waals surface area contributed by atoms with Gasteiger partial charge in [-0.15, -0.1) is 0 Å². The minimum Gasteiger partial charge on any atom is -0.493 e. The predicted molar refractivity (Wildman–Crippen MR) is 80.3 cm³/mol. The Morgan fingerprint density at radius 1 is 0.850 bits per heavy atom. The van der Waals surface area contributed by atoms with Crippen molar-refractivity contribution in [1.29, 1.82) is 0 Å². The van der Waals surface area contributed by atoms with Gasteiger partial charge in [0.2, 0.25) is 5.75 Å². The molecule has 0 unspecified atom stereocenters. The summed E-state index contributed by atoms with van der Waals surface area (Å²) in [5, 5.41) is 1.12. The number of para-hydroxylation sites is 1. The van der Waals surface area contributed by atoms with Gasteiger partial charge in [-0.05, 0) is 24.3 Å². The topological polar surface area (TPSA) is 27.7 Å². The van der Waals surface area contributed by atoms with Crippen molar-refractivity contribution >= 4 is 23.2 Å². The first-order chi connectivity index (χ1) is 9.67. The molecule has 2 aromatic carbocycles. The van der Waals surface area contributed by atoms with Gasteiger partial charge in [0, 0.05) is 15.6 Å². The van der Waals surface area contributed by atoms with Gasteiger partial charge in [0.25, 0.3) is 0 Å². The summed E-state index contributed by atoms with van der Waals surface area (Å²) >= 11 is 12.2. The molecule has 0 spiro atoms. The highest BCUT2D eigenvalue weighted by atomic mass is 35.5. The fourth-order valence-electron chi connectivity index (χ4n) is 1.77. The van der Waals surface area contributed by atoms with E-state index >= 15 is 0 Å². The van der Waals surface area contributed by atoms with Crippen LogP contribution in [0.4, 0.5) is 0 Å². The largest absolute Gasteiger partial charge is 0.493 e. The molecule has 0 saturated heterocycles. The van der Waals surface area contributed by atoms with Gasteiger partial charge in [0.15, 0.2) is 11.5 Å². The van der Waals surface area contributed by atoms with Crippen molar-refractivity contribution in [2.45, 2.75) is 6.61 Å². The Bertz CT molecular complexity index is 557. The van der Waals surface area contributed by atoms with Gasteiger partial charge in [-0.2, -0.15) is 0 Å². The van der Waals surface area contributed by atoms with Crippen molar-refractivity contribution in [2.75, 3.05) is 14.2 Å². The molecule has 3 nitrogen and oxygen atoms in total. The molecule has 0 radical (unpaired) electrons. The van der Waals surface area contributed by atoms with Crippen molar-refractivity contribution < 1.29 is 14.2 Å². The fraction of sp³-hybridized carbons (Fsp3) is 0.200. The number of methoxy groups -OCH3 is 2. The molecule has 2 rings (SSSR count). The number of hydrogen-bond acceptors (Lipinski definition) is 3. The molecular formula is C15H14Cl2O3. The summed E-state index contributed by atoms with van der Waals surface area (Å²) in [5.74, 6) is 1.70. The van der Waals surface area contributed by atoms with Gasteiger partial charge in [0.1, 0.15) is 6.61 Å². The molecule has 0 bridgehead atoms. The van der Waals surface area contributed by atoms with Crippen LogP contribution in [0.15, 0.2) is 36.4 Å². The first-order valence-electron chi connectivity index (χ1n) is 5.94. The van der Waals surface area contributed by atoms with Crippen molar-refractivity contribution in [3.63, 3.8) is 0 Å². The molecule has 0 N–H and O–H groups in total. The maximum Gasteiger partial charge on any atom is 0.203 e. The van der Waals surface area contributed by atoms with E-state index < -0.39 is 0 Å². The molecule has 0 atom stereocenters. The van der Waals surface area contributed by atoms with Crippen LogP contribution < -0.4 is 14.2 Å². The second-order valence-electron chi connectivity index (χ2n) is 3.98. The summed E-state index contributed by atoms with van der Waals surface area (Å²) in [6, 6.07) is 10.8. The van der Waals surface area contributed by atoms with Crippen LogP contribution in [0.5, 0.6) is 17.2 Å². The summed E-state index contributed by atoms with van der Waals surface area (Å²) in [6.07, 6.45) is 0.